The Kier molecular flexibility index (Phi) is 4.45. The van der Waals surface area contributed by atoms with Crippen LogP contribution in [0.25, 0.3) is 0 Å². The zero-order valence-corrected chi connectivity index (χ0v) is 11.4. The number of rotatable bonds is 4. The molecule has 0 aromatic carbocycles. The Balaban J connectivity index is 1.99. The number of amides is 1. The average molecular weight is 268 g/mol. The summed E-state index contributed by atoms with van der Waals surface area (Å²) in [6, 6.07) is -0.770. The molecule has 1 unspecified atom stereocenters. The van der Waals surface area contributed by atoms with Crippen LogP contribution in [-0.2, 0) is 9.59 Å². The van der Waals surface area contributed by atoms with Crippen molar-refractivity contribution in [1.82, 2.24) is 5.32 Å². The van der Waals surface area contributed by atoms with Gasteiger partial charge in [0.25, 0.3) is 0 Å². The Labute approximate surface area is 113 Å². The lowest BCUT2D eigenvalue weighted by Crippen LogP contribution is -2.57. The van der Waals surface area contributed by atoms with Crippen molar-refractivity contribution in [2.24, 2.45) is 11.7 Å². The van der Waals surface area contributed by atoms with Gasteiger partial charge < -0.3 is 16.2 Å². The molecule has 5 heteroatoms. The van der Waals surface area contributed by atoms with Gasteiger partial charge in [0.1, 0.15) is 6.04 Å². The molecule has 0 aliphatic heterocycles. The molecule has 2 saturated carbocycles. The summed E-state index contributed by atoms with van der Waals surface area (Å²) in [5.41, 5.74) is 5.23. The standard InChI is InChI=1S/C14H24N2O3/c15-14(8-4-5-9-14)13(19)16-11(12(17)18)10-6-2-1-3-7-10/h10-11H,1-9,15H2,(H,16,19)(H,17,18). The third kappa shape index (κ3) is 3.26. The quantitative estimate of drug-likeness (QED) is 0.718. The van der Waals surface area contributed by atoms with E-state index >= 15 is 0 Å². The van der Waals surface area contributed by atoms with Gasteiger partial charge in [0.15, 0.2) is 0 Å². The van der Waals surface area contributed by atoms with Crippen LogP contribution in [0.5, 0.6) is 0 Å². The molecule has 2 rings (SSSR count). The molecular formula is C14H24N2O3. The molecule has 0 radical (unpaired) electrons. The molecule has 1 amide bonds. The predicted molar refractivity (Wildman–Crippen MR) is 71.5 cm³/mol. The first kappa shape index (κ1) is 14.3. The molecule has 2 fully saturated rings. The molecule has 108 valence electrons. The lowest BCUT2D eigenvalue weighted by atomic mass is 9.83. The Morgan fingerprint density at radius 2 is 1.68 bits per heavy atom. The van der Waals surface area contributed by atoms with E-state index in [4.69, 9.17) is 5.73 Å². The molecule has 19 heavy (non-hydrogen) atoms. The number of carboxylic acid groups (broad SMARTS) is 1. The normalized spacial score (nSPS) is 24.9. The molecule has 0 bridgehead atoms. The fraction of sp³-hybridized carbons (Fsp3) is 0.857. The van der Waals surface area contributed by atoms with E-state index in [9.17, 15) is 14.7 Å². The molecule has 2 aliphatic rings. The number of aliphatic carboxylic acids is 1. The summed E-state index contributed by atoms with van der Waals surface area (Å²) in [6.07, 6.45) is 8.26. The van der Waals surface area contributed by atoms with Crippen LogP contribution in [0, 0.1) is 5.92 Å². The van der Waals surface area contributed by atoms with Crippen molar-refractivity contribution >= 4 is 11.9 Å². The van der Waals surface area contributed by atoms with Crippen LogP contribution in [0.15, 0.2) is 0 Å². The molecule has 4 N–H and O–H groups in total. The van der Waals surface area contributed by atoms with Crippen molar-refractivity contribution in [3.63, 3.8) is 0 Å². The van der Waals surface area contributed by atoms with Gasteiger partial charge in [0, 0.05) is 0 Å². The highest BCUT2D eigenvalue weighted by Gasteiger charge is 2.40. The third-order valence-electron chi connectivity index (χ3n) is 4.62. The highest BCUT2D eigenvalue weighted by molar-refractivity contribution is 5.90. The van der Waals surface area contributed by atoms with E-state index in [0.717, 1.165) is 44.9 Å². The van der Waals surface area contributed by atoms with E-state index < -0.39 is 17.6 Å². The Morgan fingerprint density at radius 3 is 2.21 bits per heavy atom. The first-order valence-corrected chi connectivity index (χ1v) is 7.35. The maximum absolute atomic E-state index is 12.2. The Bertz CT molecular complexity index is 345. The molecule has 0 spiro atoms. The number of carbonyl (C=O) groups excluding carboxylic acids is 1. The maximum Gasteiger partial charge on any atom is 0.326 e. The first-order valence-electron chi connectivity index (χ1n) is 7.35. The number of hydrogen-bond acceptors (Lipinski definition) is 3. The van der Waals surface area contributed by atoms with Crippen LogP contribution in [0.3, 0.4) is 0 Å². The summed E-state index contributed by atoms with van der Waals surface area (Å²) >= 11 is 0. The van der Waals surface area contributed by atoms with Gasteiger partial charge in [-0.3, -0.25) is 4.79 Å². The summed E-state index contributed by atoms with van der Waals surface area (Å²) in [7, 11) is 0. The molecular weight excluding hydrogens is 244 g/mol. The second-order valence-corrected chi connectivity index (χ2v) is 6.05. The van der Waals surface area contributed by atoms with Crippen molar-refractivity contribution in [2.45, 2.75) is 69.4 Å². The lowest BCUT2D eigenvalue weighted by molar-refractivity contribution is -0.144. The van der Waals surface area contributed by atoms with Gasteiger partial charge in [-0.15, -0.1) is 0 Å². The zero-order valence-electron chi connectivity index (χ0n) is 11.4. The van der Waals surface area contributed by atoms with Gasteiger partial charge in [-0.25, -0.2) is 4.79 Å². The topological polar surface area (TPSA) is 92.4 Å². The number of nitrogens with two attached hydrogens (primary N) is 1. The minimum atomic E-state index is -0.929. The SMILES string of the molecule is NC1(C(=O)NC(C(=O)O)C2CCCCC2)CCCC1. The van der Waals surface area contributed by atoms with Crippen LogP contribution >= 0.6 is 0 Å². The summed E-state index contributed by atoms with van der Waals surface area (Å²) in [5.74, 6) is -1.15. The van der Waals surface area contributed by atoms with E-state index in [2.05, 4.69) is 5.32 Å². The summed E-state index contributed by atoms with van der Waals surface area (Å²) < 4.78 is 0. The number of carboxylic acids is 1. The van der Waals surface area contributed by atoms with E-state index in [1.807, 2.05) is 0 Å². The van der Waals surface area contributed by atoms with Gasteiger partial charge >= 0.3 is 5.97 Å². The number of hydrogen-bond donors (Lipinski definition) is 3. The van der Waals surface area contributed by atoms with Crippen molar-refractivity contribution in [2.75, 3.05) is 0 Å². The Hall–Kier alpha value is -1.10. The summed E-state index contributed by atoms with van der Waals surface area (Å²) in [6.45, 7) is 0. The average Bonchev–Trinajstić information content (AvgIpc) is 2.84. The van der Waals surface area contributed by atoms with Gasteiger partial charge in [0.2, 0.25) is 5.91 Å². The number of nitrogens with one attached hydrogen (secondary N) is 1. The fourth-order valence-corrected chi connectivity index (χ4v) is 3.37. The molecule has 0 heterocycles. The van der Waals surface area contributed by atoms with Crippen LogP contribution in [0.4, 0.5) is 0 Å². The monoisotopic (exact) mass is 268 g/mol. The summed E-state index contributed by atoms with van der Waals surface area (Å²) in [5, 5.41) is 12.1. The Morgan fingerprint density at radius 1 is 1.11 bits per heavy atom. The molecule has 5 nitrogen and oxygen atoms in total. The minimum Gasteiger partial charge on any atom is -0.480 e. The zero-order chi connectivity index (χ0) is 13.9. The van der Waals surface area contributed by atoms with E-state index in [1.165, 1.54) is 0 Å². The maximum atomic E-state index is 12.2. The smallest absolute Gasteiger partial charge is 0.326 e. The van der Waals surface area contributed by atoms with Crippen LogP contribution in [-0.4, -0.2) is 28.6 Å². The fourth-order valence-electron chi connectivity index (χ4n) is 3.37. The van der Waals surface area contributed by atoms with Gasteiger partial charge in [-0.2, -0.15) is 0 Å². The molecule has 0 saturated heterocycles. The van der Waals surface area contributed by atoms with Crippen LogP contribution in [0.1, 0.15) is 57.8 Å². The largest absolute Gasteiger partial charge is 0.480 e. The molecule has 0 aromatic heterocycles. The van der Waals surface area contributed by atoms with Crippen molar-refractivity contribution in [1.29, 1.82) is 0 Å². The lowest BCUT2D eigenvalue weighted by Gasteiger charge is -2.31. The summed E-state index contributed by atoms with van der Waals surface area (Å²) in [4.78, 5) is 23.6. The van der Waals surface area contributed by atoms with Crippen molar-refractivity contribution < 1.29 is 14.7 Å². The van der Waals surface area contributed by atoms with Gasteiger partial charge in [-0.05, 0) is 31.6 Å². The van der Waals surface area contributed by atoms with Gasteiger partial charge in [-0.1, -0.05) is 32.1 Å². The molecule has 1 atom stereocenters. The van der Waals surface area contributed by atoms with Crippen LogP contribution < -0.4 is 11.1 Å². The van der Waals surface area contributed by atoms with Crippen molar-refractivity contribution in [3.8, 4) is 0 Å². The third-order valence-corrected chi connectivity index (χ3v) is 4.62. The second-order valence-electron chi connectivity index (χ2n) is 6.05. The highest BCUT2D eigenvalue weighted by atomic mass is 16.4. The molecule has 0 aromatic rings. The van der Waals surface area contributed by atoms with E-state index in [1.54, 1.807) is 0 Å². The highest BCUT2D eigenvalue weighted by Crippen LogP contribution is 2.30. The minimum absolute atomic E-state index is 0.0557. The van der Waals surface area contributed by atoms with E-state index in [-0.39, 0.29) is 11.8 Å². The van der Waals surface area contributed by atoms with Crippen molar-refractivity contribution in [3.05, 3.63) is 0 Å². The number of carbonyl (C=O) groups is 2. The first-order chi connectivity index (χ1) is 9.03. The molecule has 2 aliphatic carbocycles. The van der Waals surface area contributed by atoms with E-state index in [0.29, 0.717) is 12.8 Å². The van der Waals surface area contributed by atoms with Crippen LogP contribution in [0.2, 0.25) is 0 Å². The predicted octanol–water partition coefficient (Wildman–Crippen LogP) is 1.41. The van der Waals surface area contributed by atoms with Gasteiger partial charge in [0.05, 0.1) is 5.54 Å². The second kappa shape index (κ2) is 5.90.